The topological polar surface area (TPSA) is 84.6 Å². The Hall–Kier alpha value is -1.66. The van der Waals surface area contributed by atoms with E-state index in [0.717, 1.165) is 5.56 Å². The van der Waals surface area contributed by atoms with Crippen LogP contribution in [0.4, 0.5) is 11.4 Å². The molecule has 2 rings (SSSR count). The van der Waals surface area contributed by atoms with Gasteiger partial charge in [0.15, 0.2) is 0 Å². The van der Waals surface area contributed by atoms with E-state index in [2.05, 4.69) is 5.32 Å². The Labute approximate surface area is 111 Å². The van der Waals surface area contributed by atoms with Gasteiger partial charge >= 0.3 is 0 Å². The quantitative estimate of drug-likeness (QED) is 0.641. The van der Waals surface area contributed by atoms with Gasteiger partial charge in [-0.2, -0.15) is 0 Å². The predicted octanol–water partition coefficient (Wildman–Crippen LogP) is 1.86. The molecule has 104 valence electrons. The van der Waals surface area contributed by atoms with Crippen molar-refractivity contribution in [1.82, 2.24) is 0 Å². The van der Waals surface area contributed by atoms with Crippen molar-refractivity contribution in [2.75, 3.05) is 25.1 Å². The third-order valence-corrected chi connectivity index (χ3v) is 3.58. The van der Waals surface area contributed by atoms with Crippen LogP contribution < -0.4 is 5.32 Å². The fraction of sp³-hybridized carbons (Fsp3) is 0.538. The SMILES string of the molecule is Cc1ccc([N+](=O)[O-])cc1NC1(CO)CCOCC1. The Morgan fingerprint density at radius 2 is 2.16 bits per heavy atom. The molecule has 1 aliphatic heterocycles. The van der Waals surface area contributed by atoms with Crippen LogP contribution in [-0.2, 0) is 4.74 Å². The van der Waals surface area contributed by atoms with Crippen LogP contribution in [0.1, 0.15) is 18.4 Å². The molecule has 0 atom stereocenters. The number of nitro benzene ring substituents is 1. The van der Waals surface area contributed by atoms with E-state index in [1.807, 2.05) is 6.92 Å². The van der Waals surface area contributed by atoms with Crippen molar-refractivity contribution in [3.05, 3.63) is 33.9 Å². The normalized spacial score (nSPS) is 18.0. The van der Waals surface area contributed by atoms with E-state index < -0.39 is 10.5 Å². The molecule has 1 aromatic carbocycles. The largest absolute Gasteiger partial charge is 0.394 e. The molecule has 0 bridgehead atoms. The highest BCUT2D eigenvalue weighted by Gasteiger charge is 2.32. The van der Waals surface area contributed by atoms with Crippen molar-refractivity contribution in [2.24, 2.45) is 0 Å². The number of anilines is 1. The van der Waals surface area contributed by atoms with Crippen molar-refractivity contribution in [2.45, 2.75) is 25.3 Å². The summed E-state index contributed by atoms with van der Waals surface area (Å²) in [5.41, 5.74) is 1.22. The number of rotatable bonds is 4. The van der Waals surface area contributed by atoms with Crippen LogP contribution >= 0.6 is 0 Å². The second-order valence-electron chi connectivity index (χ2n) is 4.93. The number of hydrogen-bond donors (Lipinski definition) is 2. The lowest BCUT2D eigenvalue weighted by Gasteiger charge is -2.37. The molecule has 0 saturated carbocycles. The van der Waals surface area contributed by atoms with Gasteiger partial charge < -0.3 is 15.2 Å². The fourth-order valence-corrected chi connectivity index (χ4v) is 2.23. The molecule has 1 heterocycles. The van der Waals surface area contributed by atoms with Gasteiger partial charge in [0.1, 0.15) is 0 Å². The number of hydrogen-bond acceptors (Lipinski definition) is 5. The van der Waals surface area contributed by atoms with Gasteiger partial charge in [0.2, 0.25) is 0 Å². The number of ether oxygens (including phenoxy) is 1. The van der Waals surface area contributed by atoms with E-state index >= 15 is 0 Å². The molecule has 1 fully saturated rings. The zero-order valence-corrected chi connectivity index (χ0v) is 10.9. The van der Waals surface area contributed by atoms with Crippen LogP contribution in [0.25, 0.3) is 0 Å². The van der Waals surface area contributed by atoms with Crippen molar-refractivity contribution in [3.8, 4) is 0 Å². The van der Waals surface area contributed by atoms with Crippen LogP contribution in [0.5, 0.6) is 0 Å². The summed E-state index contributed by atoms with van der Waals surface area (Å²) < 4.78 is 5.30. The minimum absolute atomic E-state index is 0.0154. The second kappa shape index (κ2) is 5.54. The average Bonchev–Trinajstić information content (AvgIpc) is 2.42. The molecular weight excluding hydrogens is 248 g/mol. The average molecular weight is 266 g/mol. The lowest BCUT2D eigenvalue weighted by Crippen LogP contribution is -2.47. The molecule has 0 radical (unpaired) electrons. The predicted molar refractivity (Wildman–Crippen MR) is 71.3 cm³/mol. The number of aryl methyl sites for hydroxylation is 1. The number of nitrogens with zero attached hydrogens (tertiary/aromatic N) is 1. The van der Waals surface area contributed by atoms with E-state index in [1.54, 1.807) is 6.07 Å². The summed E-state index contributed by atoms with van der Waals surface area (Å²) in [6, 6.07) is 4.71. The number of non-ortho nitro benzene ring substituents is 1. The molecule has 1 saturated heterocycles. The Balaban J connectivity index is 2.25. The van der Waals surface area contributed by atoms with Crippen LogP contribution in [0, 0.1) is 17.0 Å². The molecule has 19 heavy (non-hydrogen) atoms. The highest BCUT2D eigenvalue weighted by molar-refractivity contribution is 5.58. The van der Waals surface area contributed by atoms with Crippen molar-refractivity contribution >= 4 is 11.4 Å². The monoisotopic (exact) mass is 266 g/mol. The molecule has 2 N–H and O–H groups in total. The van der Waals surface area contributed by atoms with E-state index in [0.29, 0.717) is 31.7 Å². The van der Waals surface area contributed by atoms with Gasteiger partial charge in [-0.3, -0.25) is 10.1 Å². The van der Waals surface area contributed by atoms with Crippen LogP contribution in [0.3, 0.4) is 0 Å². The maximum absolute atomic E-state index is 10.8. The Morgan fingerprint density at radius 3 is 2.74 bits per heavy atom. The smallest absolute Gasteiger partial charge is 0.271 e. The minimum Gasteiger partial charge on any atom is -0.394 e. The number of nitrogens with one attached hydrogen (secondary N) is 1. The number of nitro groups is 1. The maximum atomic E-state index is 10.8. The van der Waals surface area contributed by atoms with E-state index in [1.165, 1.54) is 12.1 Å². The Morgan fingerprint density at radius 1 is 1.47 bits per heavy atom. The number of aliphatic hydroxyl groups is 1. The summed E-state index contributed by atoms with van der Waals surface area (Å²) in [6.07, 6.45) is 1.37. The summed E-state index contributed by atoms with van der Waals surface area (Å²) in [4.78, 5) is 10.4. The first-order chi connectivity index (χ1) is 9.06. The highest BCUT2D eigenvalue weighted by atomic mass is 16.6. The first-order valence-corrected chi connectivity index (χ1v) is 6.28. The van der Waals surface area contributed by atoms with Gasteiger partial charge in [-0.15, -0.1) is 0 Å². The highest BCUT2D eigenvalue weighted by Crippen LogP contribution is 2.29. The molecule has 1 aromatic rings. The van der Waals surface area contributed by atoms with Crippen LogP contribution in [0.2, 0.25) is 0 Å². The van der Waals surface area contributed by atoms with Gasteiger partial charge in [-0.25, -0.2) is 0 Å². The molecule has 6 nitrogen and oxygen atoms in total. The van der Waals surface area contributed by atoms with Gasteiger partial charge in [0, 0.05) is 31.0 Å². The van der Waals surface area contributed by atoms with Gasteiger partial charge in [0.25, 0.3) is 5.69 Å². The van der Waals surface area contributed by atoms with Gasteiger partial charge in [0.05, 0.1) is 17.1 Å². The molecule has 0 amide bonds. The zero-order valence-electron chi connectivity index (χ0n) is 10.9. The lowest BCUT2D eigenvalue weighted by atomic mass is 9.90. The first kappa shape index (κ1) is 13.8. The summed E-state index contributed by atoms with van der Waals surface area (Å²) in [7, 11) is 0. The molecule has 0 unspecified atom stereocenters. The van der Waals surface area contributed by atoms with Crippen molar-refractivity contribution < 1.29 is 14.8 Å². The van der Waals surface area contributed by atoms with Crippen LogP contribution in [-0.4, -0.2) is 35.4 Å². The van der Waals surface area contributed by atoms with Gasteiger partial charge in [-0.05, 0) is 25.3 Å². The zero-order chi connectivity index (χ0) is 13.9. The lowest BCUT2D eigenvalue weighted by molar-refractivity contribution is -0.384. The third-order valence-electron chi connectivity index (χ3n) is 3.58. The molecule has 1 aliphatic rings. The minimum atomic E-state index is -0.446. The van der Waals surface area contributed by atoms with Gasteiger partial charge in [-0.1, -0.05) is 6.07 Å². The molecular formula is C13H18N2O4. The third kappa shape index (κ3) is 3.02. The summed E-state index contributed by atoms with van der Waals surface area (Å²) in [5.74, 6) is 0. The summed E-state index contributed by atoms with van der Waals surface area (Å²) >= 11 is 0. The van der Waals surface area contributed by atoms with Crippen LogP contribution in [0.15, 0.2) is 18.2 Å². The van der Waals surface area contributed by atoms with E-state index in [-0.39, 0.29) is 12.3 Å². The maximum Gasteiger partial charge on any atom is 0.271 e. The molecule has 0 aliphatic carbocycles. The Bertz CT molecular complexity index is 470. The van der Waals surface area contributed by atoms with Crippen molar-refractivity contribution in [1.29, 1.82) is 0 Å². The second-order valence-corrected chi connectivity index (χ2v) is 4.93. The molecule has 0 aromatic heterocycles. The summed E-state index contributed by atoms with van der Waals surface area (Å²) in [5, 5.41) is 23.7. The fourth-order valence-electron chi connectivity index (χ4n) is 2.23. The van der Waals surface area contributed by atoms with E-state index in [4.69, 9.17) is 4.74 Å². The number of aliphatic hydroxyl groups excluding tert-OH is 1. The first-order valence-electron chi connectivity index (χ1n) is 6.28. The van der Waals surface area contributed by atoms with E-state index in [9.17, 15) is 15.2 Å². The Kier molecular flexibility index (Phi) is 4.01. The standard InChI is InChI=1S/C13H18N2O4/c1-10-2-3-11(15(17)18)8-12(10)14-13(9-16)4-6-19-7-5-13/h2-3,8,14,16H,4-7,9H2,1H3. The van der Waals surface area contributed by atoms with Crippen molar-refractivity contribution in [3.63, 3.8) is 0 Å². The number of benzene rings is 1. The molecule has 0 spiro atoms. The summed E-state index contributed by atoms with van der Waals surface area (Å²) in [6.45, 7) is 3.04. The molecule has 6 heteroatoms.